The maximum Gasteiger partial charge on any atom is 2.00 e. The predicted molar refractivity (Wildman–Crippen MR) is 141 cm³/mol. The standard InChI is InChI=1S/C28H44O3S.Mg/c1-3-5-7-9-11-13-15-19-24-23-25-20-17-18-22-27(25)28(32(29,30)31)26(24)21-16-14-12-10-8-6-4-2;/h17-18,20,22-23H,3-16,19,21H2,1-2H3,(H,29,30,31);/q;+2/p-1. The molecule has 0 heterocycles. The van der Waals surface area contributed by atoms with E-state index in [2.05, 4.69) is 19.9 Å². The molecule has 2 aromatic carbocycles. The zero-order valence-electron chi connectivity index (χ0n) is 21.0. The second-order valence-electron chi connectivity index (χ2n) is 9.26. The van der Waals surface area contributed by atoms with Gasteiger partial charge in [-0.1, -0.05) is 121 Å². The monoisotopic (exact) mass is 483 g/mol. The fourth-order valence-corrected chi connectivity index (χ4v) is 5.72. The Balaban J connectivity index is 0.00000544. The van der Waals surface area contributed by atoms with E-state index in [4.69, 9.17) is 0 Å². The van der Waals surface area contributed by atoms with E-state index in [0.717, 1.165) is 48.6 Å². The maximum absolute atomic E-state index is 12.3. The Morgan fingerprint density at radius 1 is 0.697 bits per heavy atom. The minimum Gasteiger partial charge on any atom is -0.744 e. The molecule has 0 aliphatic carbocycles. The van der Waals surface area contributed by atoms with Crippen LogP contribution in [0.15, 0.2) is 35.2 Å². The molecule has 2 aromatic rings. The summed E-state index contributed by atoms with van der Waals surface area (Å²) in [6.45, 7) is 4.45. The molecule has 0 bridgehead atoms. The van der Waals surface area contributed by atoms with Crippen LogP contribution in [0.25, 0.3) is 10.8 Å². The molecule has 0 atom stereocenters. The van der Waals surface area contributed by atoms with E-state index in [1.54, 1.807) is 6.07 Å². The van der Waals surface area contributed by atoms with Crippen LogP contribution in [0.2, 0.25) is 0 Å². The van der Waals surface area contributed by atoms with E-state index in [1.807, 2.05) is 18.2 Å². The molecule has 0 aliphatic rings. The topological polar surface area (TPSA) is 57.2 Å². The molecule has 0 N–H and O–H groups in total. The average Bonchev–Trinajstić information content (AvgIpc) is 2.76. The predicted octanol–water partition coefficient (Wildman–Crippen LogP) is 7.95. The van der Waals surface area contributed by atoms with Gasteiger partial charge in [0.25, 0.3) is 0 Å². The van der Waals surface area contributed by atoms with E-state index < -0.39 is 10.1 Å². The minimum absolute atomic E-state index is 0. The number of hydrogen-bond donors (Lipinski definition) is 0. The Hall–Kier alpha value is -0.624. The van der Waals surface area contributed by atoms with Gasteiger partial charge in [-0.25, -0.2) is 8.42 Å². The fraction of sp³-hybridized carbons (Fsp3) is 0.643. The maximum atomic E-state index is 12.3. The summed E-state index contributed by atoms with van der Waals surface area (Å²) < 4.78 is 37.0. The molecule has 0 unspecified atom stereocenters. The molecule has 0 spiro atoms. The third-order valence-corrected chi connectivity index (χ3v) is 7.49. The van der Waals surface area contributed by atoms with Crippen molar-refractivity contribution >= 4 is 43.9 Å². The summed E-state index contributed by atoms with van der Waals surface area (Å²) in [6.07, 6.45) is 18.4. The molecule has 3 nitrogen and oxygen atoms in total. The number of hydrogen-bond acceptors (Lipinski definition) is 3. The summed E-state index contributed by atoms with van der Waals surface area (Å²) in [5.41, 5.74) is 1.86. The van der Waals surface area contributed by atoms with Crippen LogP contribution in [0.5, 0.6) is 0 Å². The van der Waals surface area contributed by atoms with Crippen molar-refractivity contribution in [2.24, 2.45) is 0 Å². The van der Waals surface area contributed by atoms with E-state index in [0.29, 0.717) is 11.8 Å². The normalized spacial score (nSPS) is 11.6. The van der Waals surface area contributed by atoms with E-state index in [9.17, 15) is 13.0 Å². The number of benzene rings is 2. The molecule has 0 fully saturated rings. The summed E-state index contributed by atoms with van der Waals surface area (Å²) in [6, 6.07) is 9.58. The van der Waals surface area contributed by atoms with Gasteiger partial charge in [-0.15, -0.1) is 0 Å². The Kier molecular flexibility index (Phi) is 15.6. The van der Waals surface area contributed by atoms with Gasteiger partial charge in [0, 0.05) is 0 Å². The molecule has 0 aliphatic heterocycles. The second kappa shape index (κ2) is 16.9. The summed E-state index contributed by atoms with van der Waals surface area (Å²) in [5.74, 6) is 0. The molecule has 0 aromatic heterocycles. The van der Waals surface area contributed by atoms with Gasteiger partial charge >= 0.3 is 23.1 Å². The van der Waals surface area contributed by atoms with Gasteiger partial charge in [0.1, 0.15) is 10.1 Å². The van der Waals surface area contributed by atoms with Gasteiger partial charge in [0.2, 0.25) is 0 Å². The van der Waals surface area contributed by atoms with Gasteiger partial charge in [0.15, 0.2) is 0 Å². The molecule has 0 saturated heterocycles. The van der Waals surface area contributed by atoms with Crippen LogP contribution >= 0.6 is 0 Å². The summed E-state index contributed by atoms with van der Waals surface area (Å²) >= 11 is 0. The number of unbranched alkanes of at least 4 members (excludes halogenated alkanes) is 12. The first-order chi connectivity index (χ1) is 15.5. The Bertz CT molecular complexity index is 909. The molecule has 2 rings (SSSR count). The molecule has 0 radical (unpaired) electrons. The first kappa shape index (κ1) is 30.4. The molecule has 180 valence electrons. The quantitative estimate of drug-likeness (QED) is 0.130. The van der Waals surface area contributed by atoms with E-state index >= 15 is 0 Å². The minimum atomic E-state index is -4.53. The van der Waals surface area contributed by atoms with Crippen molar-refractivity contribution in [2.45, 2.75) is 121 Å². The van der Waals surface area contributed by atoms with Gasteiger partial charge in [-0.05, 0) is 47.6 Å². The van der Waals surface area contributed by atoms with Crippen molar-refractivity contribution in [3.63, 3.8) is 0 Å². The summed E-state index contributed by atoms with van der Waals surface area (Å²) in [5, 5.41) is 1.45. The van der Waals surface area contributed by atoms with Crippen molar-refractivity contribution in [1.29, 1.82) is 0 Å². The second-order valence-corrected chi connectivity index (χ2v) is 10.6. The molecular weight excluding hydrogens is 441 g/mol. The van der Waals surface area contributed by atoms with Crippen molar-refractivity contribution in [3.8, 4) is 0 Å². The molecule has 0 saturated carbocycles. The Morgan fingerprint density at radius 2 is 1.18 bits per heavy atom. The van der Waals surface area contributed by atoms with Crippen LogP contribution in [0.3, 0.4) is 0 Å². The summed E-state index contributed by atoms with van der Waals surface area (Å²) in [7, 11) is -4.53. The van der Waals surface area contributed by atoms with Crippen LogP contribution in [-0.4, -0.2) is 36.0 Å². The number of rotatable bonds is 17. The van der Waals surface area contributed by atoms with Crippen molar-refractivity contribution in [1.82, 2.24) is 0 Å². The zero-order valence-corrected chi connectivity index (χ0v) is 23.3. The fourth-order valence-electron chi connectivity index (χ4n) is 4.73. The molecule has 33 heavy (non-hydrogen) atoms. The molecule has 5 heteroatoms. The van der Waals surface area contributed by atoms with Gasteiger partial charge in [-0.3, -0.25) is 0 Å². The molecular formula is C28H43MgO3S+. The summed E-state index contributed by atoms with van der Waals surface area (Å²) in [4.78, 5) is 0.0412. The van der Waals surface area contributed by atoms with E-state index in [1.165, 1.54) is 64.2 Å². The van der Waals surface area contributed by atoms with Crippen LogP contribution in [0.4, 0.5) is 0 Å². The Morgan fingerprint density at radius 3 is 1.73 bits per heavy atom. The van der Waals surface area contributed by atoms with Gasteiger partial charge in [0.05, 0.1) is 4.90 Å². The van der Waals surface area contributed by atoms with Crippen LogP contribution in [0, 0.1) is 0 Å². The van der Waals surface area contributed by atoms with Crippen molar-refractivity contribution in [3.05, 3.63) is 41.5 Å². The first-order valence-electron chi connectivity index (χ1n) is 13.0. The zero-order chi connectivity index (χ0) is 23.2. The third-order valence-electron chi connectivity index (χ3n) is 6.53. The van der Waals surface area contributed by atoms with Crippen molar-refractivity contribution < 1.29 is 13.0 Å². The van der Waals surface area contributed by atoms with Crippen LogP contribution < -0.4 is 0 Å². The van der Waals surface area contributed by atoms with Gasteiger partial charge < -0.3 is 4.55 Å². The number of fused-ring (bicyclic) bond motifs is 1. The van der Waals surface area contributed by atoms with Crippen LogP contribution in [0.1, 0.15) is 115 Å². The number of aryl methyl sites for hydroxylation is 1. The average molecular weight is 484 g/mol. The van der Waals surface area contributed by atoms with Gasteiger partial charge in [-0.2, -0.15) is 0 Å². The van der Waals surface area contributed by atoms with Crippen molar-refractivity contribution in [2.75, 3.05) is 0 Å². The van der Waals surface area contributed by atoms with E-state index in [-0.39, 0.29) is 27.9 Å². The Labute approximate surface area is 219 Å². The SMILES string of the molecule is CCCCCCCCCc1cc2ccccc2c(S(=O)(=O)[O-])c1CCCCCCCCC.[Mg+2]. The smallest absolute Gasteiger partial charge is 0.744 e. The van der Waals surface area contributed by atoms with Crippen LogP contribution in [-0.2, 0) is 23.0 Å². The molecule has 0 amide bonds. The first-order valence-corrected chi connectivity index (χ1v) is 14.4. The largest absolute Gasteiger partial charge is 2.00 e. The third kappa shape index (κ3) is 10.7.